The van der Waals surface area contributed by atoms with Crippen molar-refractivity contribution in [1.29, 1.82) is 0 Å². The highest BCUT2D eigenvalue weighted by Crippen LogP contribution is 2.20. The summed E-state index contributed by atoms with van der Waals surface area (Å²) in [6.45, 7) is 1.27. The summed E-state index contributed by atoms with van der Waals surface area (Å²) in [6, 6.07) is 5.85. The Hall–Kier alpha value is -2.51. The minimum absolute atomic E-state index is 0.171. The van der Waals surface area contributed by atoms with Crippen molar-refractivity contribution in [2.24, 2.45) is 0 Å². The van der Waals surface area contributed by atoms with Crippen molar-refractivity contribution in [2.75, 3.05) is 6.54 Å². The number of hydrogen-bond acceptors (Lipinski definition) is 4. The van der Waals surface area contributed by atoms with E-state index in [0.29, 0.717) is 16.3 Å². The molecule has 1 heterocycles. The standard InChI is InChI=1S/C15H13Cl2N3O4/c1-8-10(4-5-24-8)15(23)20-19-13(21)7-18-14(22)11-3-2-9(16)6-12(11)17/h2-6H,7H2,1H3,(H,18,22)(H,19,21)(H,20,23). The lowest BCUT2D eigenvalue weighted by molar-refractivity contribution is -0.120. The number of benzene rings is 1. The number of halogens is 2. The van der Waals surface area contributed by atoms with Gasteiger partial charge in [-0.2, -0.15) is 0 Å². The normalized spacial score (nSPS) is 10.1. The molecule has 0 aliphatic carbocycles. The summed E-state index contributed by atoms with van der Waals surface area (Å²) >= 11 is 11.6. The van der Waals surface area contributed by atoms with Gasteiger partial charge in [0, 0.05) is 5.02 Å². The number of rotatable bonds is 4. The molecular formula is C15H13Cl2N3O4. The van der Waals surface area contributed by atoms with Gasteiger partial charge in [0.05, 0.1) is 29.0 Å². The van der Waals surface area contributed by atoms with Crippen molar-refractivity contribution < 1.29 is 18.8 Å². The van der Waals surface area contributed by atoms with E-state index < -0.39 is 17.7 Å². The Morgan fingerprint density at radius 3 is 2.42 bits per heavy atom. The highest BCUT2D eigenvalue weighted by molar-refractivity contribution is 6.36. The molecule has 0 fully saturated rings. The molecule has 1 aromatic carbocycles. The summed E-state index contributed by atoms with van der Waals surface area (Å²) in [5.74, 6) is -1.25. The third kappa shape index (κ3) is 4.50. The predicted octanol–water partition coefficient (Wildman–Crippen LogP) is 2.09. The van der Waals surface area contributed by atoms with Crippen LogP contribution in [0.4, 0.5) is 0 Å². The SMILES string of the molecule is Cc1occc1C(=O)NNC(=O)CNC(=O)c1ccc(Cl)cc1Cl. The van der Waals surface area contributed by atoms with Crippen LogP contribution >= 0.6 is 23.2 Å². The number of amides is 3. The first kappa shape index (κ1) is 17.8. The van der Waals surface area contributed by atoms with E-state index in [1.165, 1.54) is 30.5 Å². The second-order valence-electron chi connectivity index (χ2n) is 4.70. The van der Waals surface area contributed by atoms with E-state index in [1.54, 1.807) is 6.92 Å². The highest BCUT2D eigenvalue weighted by atomic mass is 35.5. The number of nitrogens with one attached hydrogen (secondary N) is 3. The Morgan fingerprint density at radius 2 is 1.79 bits per heavy atom. The molecular weight excluding hydrogens is 357 g/mol. The van der Waals surface area contributed by atoms with Gasteiger partial charge < -0.3 is 9.73 Å². The largest absolute Gasteiger partial charge is 0.469 e. The van der Waals surface area contributed by atoms with Crippen molar-refractivity contribution in [3.05, 3.63) is 57.5 Å². The number of hydrogen-bond donors (Lipinski definition) is 3. The zero-order valence-electron chi connectivity index (χ0n) is 12.5. The number of carbonyl (C=O) groups excluding carboxylic acids is 3. The molecule has 0 atom stereocenters. The molecule has 7 nitrogen and oxygen atoms in total. The molecule has 9 heteroatoms. The van der Waals surface area contributed by atoms with E-state index in [9.17, 15) is 14.4 Å². The van der Waals surface area contributed by atoms with Gasteiger partial charge in [-0.05, 0) is 31.2 Å². The molecule has 3 amide bonds. The fourth-order valence-electron chi connectivity index (χ4n) is 1.79. The van der Waals surface area contributed by atoms with Gasteiger partial charge in [0.1, 0.15) is 5.76 Å². The maximum Gasteiger partial charge on any atom is 0.273 e. The van der Waals surface area contributed by atoms with Crippen LogP contribution in [0.25, 0.3) is 0 Å². The van der Waals surface area contributed by atoms with Crippen LogP contribution in [0.15, 0.2) is 34.9 Å². The molecule has 0 aliphatic rings. The monoisotopic (exact) mass is 369 g/mol. The molecule has 0 radical (unpaired) electrons. The maximum absolute atomic E-state index is 11.9. The summed E-state index contributed by atoms with van der Waals surface area (Å²) in [7, 11) is 0. The van der Waals surface area contributed by atoms with Crippen molar-refractivity contribution in [1.82, 2.24) is 16.2 Å². The molecule has 0 saturated heterocycles. The fourth-order valence-corrected chi connectivity index (χ4v) is 2.28. The van der Waals surface area contributed by atoms with E-state index >= 15 is 0 Å². The third-order valence-electron chi connectivity index (χ3n) is 3.00. The van der Waals surface area contributed by atoms with Crippen LogP contribution in [0.2, 0.25) is 10.0 Å². The van der Waals surface area contributed by atoms with Crippen molar-refractivity contribution >= 4 is 40.9 Å². The van der Waals surface area contributed by atoms with E-state index in [1.807, 2.05) is 0 Å². The highest BCUT2D eigenvalue weighted by Gasteiger charge is 2.14. The Bertz CT molecular complexity index is 789. The Morgan fingerprint density at radius 1 is 1.04 bits per heavy atom. The Balaban J connectivity index is 1.81. The number of carbonyl (C=O) groups is 3. The van der Waals surface area contributed by atoms with Crippen LogP contribution in [0, 0.1) is 6.92 Å². The summed E-state index contributed by atoms with van der Waals surface area (Å²) in [6.07, 6.45) is 1.36. The van der Waals surface area contributed by atoms with E-state index in [-0.39, 0.29) is 17.1 Å². The molecule has 2 aromatic rings. The fraction of sp³-hybridized carbons (Fsp3) is 0.133. The zero-order valence-corrected chi connectivity index (χ0v) is 14.0. The molecule has 2 rings (SSSR count). The molecule has 0 bridgehead atoms. The second-order valence-corrected chi connectivity index (χ2v) is 5.54. The molecule has 0 aliphatic heterocycles. The number of furan rings is 1. The third-order valence-corrected chi connectivity index (χ3v) is 3.55. The smallest absolute Gasteiger partial charge is 0.273 e. The number of hydrazine groups is 1. The lowest BCUT2D eigenvalue weighted by Crippen LogP contribution is -2.46. The van der Waals surface area contributed by atoms with E-state index in [2.05, 4.69) is 16.2 Å². The molecule has 0 saturated carbocycles. The van der Waals surface area contributed by atoms with Crippen LogP contribution in [0.5, 0.6) is 0 Å². The van der Waals surface area contributed by atoms with Gasteiger partial charge in [-0.3, -0.25) is 25.2 Å². The van der Waals surface area contributed by atoms with Crippen LogP contribution < -0.4 is 16.2 Å². The van der Waals surface area contributed by atoms with Crippen LogP contribution in [-0.2, 0) is 4.79 Å². The van der Waals surface area contributed by atoms with Gasteiger partial charge in [-0.25, -0.2) is 0 Å². The first-order chi connectivity index (χ1) is 11.4. The minimum atomic E-state index is -0.608. The van der Waals surface area contributed by atoms with Crippen LogP contribution in [0.3, 0.4) is 0 Å². The molecule has 0 unspecified atom stereocenters. The first-order valence-electron chi connectivity index (χ1n) is 6.75. The molecule has 1 aromatic heterocycles. The van der Waals surface area contributed by atoms with Gasteiger partial charge in [0.15, 0.2) is 0 Å². The van der Waals surface area contributed by atoms with Gasteiger partial charge in [-0.1, -0.05) is 23.2 Å². The minimum Gasteiger partial charge on any atom is -0.469 e. The van der Waals surface area contributed by atoms with E-state index in [4.69, 9.17) is 27.6 Å². The van der Waals surface area contributed by atoms with Crippen LogP contribution in [-0.4, -0.2) is 24.3 Å². The van der Waals surface area contributed by atoms with Crippen molar-refractivity contribution in [3.8, 4) is 0 Å². The summed E-state index contributed by atoms with van der Waals surface area (Å²) in [4.78, 5) is 35.4. The molecule has 24 heavy (non-hydrogen) atoms. The van der Waals surface area contributed by atoms with E-state index in [0.717, 1.165) is 0 Å². The lowest BCUT2D eigenvalue weighted by atomic mass is 10.2. The van der Waals surface area contributed by atoms with Gasteiger partial charge in [-0.15, -0.1) is 0 Å². The molecule has 3 N–H and O–H groups in total. The zero-order chi connectivity index (χ0) is 17.7. The quantitative estimate of drug-likeness (QED) is 0.718. The summed E-state index contributed by atoms with van der Waals surface area (Å²) in [5, 5.41) is 2.95. The summed E-state index contributed by atoms with van der Waals surface area (Å²) < 4.78 is 4.99. The lowest BCUT2D eigenvalue weighted by Gasteiger charge is -2.09. The van der Waals surface area contributed by atoms with Gasteiger partial charge >= 0.3 is 0 Å². The Kier molecular flexibility index (Phi) is 5.83. The predicted molar refractivity (Wildman–Crippen MR) is 87.8 cm³/mol. The second kappa shape index (κ2) is 7.85. The number of aryl methyl sites for hydroxylation is 1. The summed E-state index contributed by atoms with van der Waals surface area (Å²) in [5.41, 5.74) is 4.88. The van der Waals surface area contributed by atoms with Crippen molar-refractivity contribution in [3.63, 3.8) is 0 Å². The first-order valence-corrected chi connectivity index (χ1v) is 7.50. The van der Waals surface area contributed by atoms with Crippen molar-refractivity contribution in [2.45, 2.75) is 6.92 Å². The van der Waals surface area contributed by atoms with Crippen LogP contribution in [0.1, 0.15) is 26.5 Å². The Labute approximate surface area is 147 Å². The van der Waals surface area contributed by atoms with Gasteiger partial charge in [0.25, 0.3) is 17.7 Å². The molecule has 0 spiro atoms. The molecule has 126 valence electrons. The van der Waals surface area contributed by atoms with Gasteiger partial charge in [0.2, 0.25) is 0 Å². The average molecular weight is 370 g/mol. The topological polar surface area (TPSA) is 100 Å². The average Bonchev–Trinajstić information content (AvgIpc) is 2.96. The maximum atomic E-state index is 11.9.